The summed E-state index contributed by atoms with van der Waals surface area (Å²) in [5.74, 6) is -0.347. The van der Waals surface area contributed by atoms with Crippen molar-refractivity contribution in [3.05, 3.63) is 18.2 Å². The number of hydrogen-bond donors (Lipinski definition) is 0. The molecule has 2 atom stereocenters. The fourth-order valence-corrected chi connectivity index (χ4v) is 2.12. The first-order chi connectivity index (χ1) is 9.29. The maximum absolute atomic E-state index is 12.5. The number of halogens is 3. The van der Waals surface area contributed by atoms with E-state index >= 15 is 0 Å². The van der Waals surface area contributed by atoms with Gasteiger partial charge in [0.2, 0.25) is 0 Å². The van der Waals surface area contributed by atoms with Crippen molar-refractivity contribution >= 4 is 5.97 Å². The minimum atomic E-state index is -4.51. The second-order valence-corrected chi connectivity index (χ2v) is 4.87. The van der Waals surface area contributed by atoms with Gasteiger partial charge in [-0.1, -0.05) is 26.7 Å². The van der Waals surface area contributed by atoms with Gasteiger partial charge >= 0.3 is 12.1 Å². The van der Waals surface area contributed by atoms with Gasteiger partial charge < -0.3 is 9.30 Å². The first-order valence-electron chi connectivity index (χ1n) is 6.48. The van der Waals surface area contributed by atoms with Crippen LogP contribution in [0.3, 0.4) is 0 Å². The predicted molar refractivity (Wildman–Crippen MR) is 67.0 cm³/mol. The molecule has 1 rings (SSSR count). The van der Waals surface area contributed by atoms with Crippen LogP contribution in [-0.4, -0.2) is 22.6 Å². The Balaban J connectivity index is 2.93. The fraction of sp³-hybridized carbons (Fsp3) is 0.692. The van der Waals surface area contributed by atoms with Crippen LogP contribution in [0.4, 0.5) is 13.2 Å². The van der Waals surface area contributed by atoms with Gasteiger partial charge in [0.15, 0.2) is 5.69 Å². The minimum Gasteiger partial charge on any atom is -0.467 e. The van der Waals surface area contributed by atoms with Gasteiger partial charge in [-0.15, -0.1) is 0 Å². The summed E-state index contributed by atoms with van der Waals surface area (Å²) in [6, 6.07) is -0.773. The Morgan fingerprint density at radius 2 is 2.15 bits per heavy atom. The summed E-state index contributed by atoms with van der Waals surface area (Å²) < 4.78 is 43.5. The third-order valence-corrected chi connectivity index (χ3v) is 3.13. The molecule has 0 aliphatic rings. The number of carbonyl (C=O) groups excluding carboxylic acids is 1. The topological polar surface area (TPSA) is 44.1 Å². The van der Waals surface area contributed by atoms with E-state index in [1.807, 2.05) is 13.8 Å². The third kappa shape index (κ3) is 4.25. The number of methoxy groups -OCH3 is 1. The molecule has 0 radical (unpaired) electrons. The van der Waals surface area contributed by atoms with Crippen molar-refractivity contribution in [1.82, 2.24) is 9.55 Å². The van der Waals surface area contributed by atoms with Crippen molar-refractivity contribution < 1.29 is 22.7 Å². The number of hydrogen-bond acceptors (Lipinski definition) is 3. The Bertz CT molecular complexity index is 443. The minimum absolute atomic E-state index is 0.209. The maximum atomic E-state index is 12.5. The van der Waals surface area contributed by atoms with Crippen LogP contribution in [0.25, 0.3) is 0 Å². The highest BCUT2D eigenvalue weighted by Gasteiger charge is 2.35. The van der Waals surface area contributed by atoms with Gasteiger partial charge in [-0.25, -0.2) is 9.78 Å². The third-order valence-electron chi connectivity index (χ3n) is 3.13. The molecular weight excluding hydrogens is 273 g/mol. The summed E-state index contributed by atoms with van der Waals surface area (Å²) in [6.45, 7) is 3.98. The Morgan fingerprint density at radius 3 is 2.60 bits per heavy atom. The molecule has 0 amide bonds. The van der Waals surface area contributed by atoms with Crippen LogP contribution in [0, 0.1) is 5.92 Å². The molecule has 0 aliphatic carbocycles. The lowest BCUT2D eigenvalue weighted by molar-refractivity contribution is -0.146. The van der Waals surface area contributed by atoms with E-state index in [-0.39, 0.29) is 5.92 Å². The van der Waals surface area contributed by atoms with Gasteiger partial charge in [-0.3, -0.25) is 0 Å². The lowest BCUT2D eigenvalue weighted by Gasteiger charge is -2.19. The average molecular weight is 292 g/mol. The van der Waals surface area contributed by atoms with Gasteiger partial charge in [0.25, 0.3) is 0 Å². The van der Waals surface area contributed by atoms with E-state index in [0.29, 0.717) is 6.42 Å². The quantitative estimate of drug-likeness (QED) is 0.754. The van der Waals surface area contributed by atoms with Gasteiger partial charge in [-0.2, -0.15) is 13.2 Å². The fourth-order valence-electron chi connectivity index (χ4n) is 2.12. The molecule has 4 nitrogen and oxygen atoms in total. The van der Waals surface area contributed by atoms with Gasteiger partial charge in [0.05, 0.1) is 13.4 Å². The van der Waals surface area contributed by atoms with Crippen LogP contribution < -0.4 is 0 Å². The van der Waals surface area contributed by atoms with Crippen molar-refractivity contribution in [3.8, 4) is 0 Å². The van der Waals surface area contributed by atoms with Gasteiger partial charge in [0.1, 0.15) is 6.04 Å². The lowest BCUT2D eigenvalue weighted by Crippen LogP contribution is -2.22. The number of aromatic nitrogens is 2. The largest absolute Gasteiger partial charge is 0.467 e. The van der Waals surface area contributed by atoms with E-state index in [4.69, 9.17) is 0 Å². The van der Waals surface area contributed by atoms with Crippen LogP contribution in [0.15, 0.2) is 12.5 Å². The summed E-state index contributed by atoms with van der Waals surface area (Å²) in [6.07, 6.45) is -0.362. The average Bonchev–Trinajstić information content (AvgIpc) is 2.84. The van der Waals surface area contributed by atoms with E-state index in [2.05, 4.69) is 9.72 Å². The molecule has 7 heteroatoms. The molecule has 114 valence electrons. The number of carbonyl (C=O) groups is 1. The second kappa shape index (κ2) is 6.76. The van der Waals surface area contributed by atoms with Crippen LogP contribution in [0.2, 0.25) is 0 Å². The van der Waals surface area contributed by atoms with Crippen LogP contribution in [-0.2, 0) is 15.7 Å². The zero-order valence-electron chi connectivity index (χ0n) is 11.8. The number of nitrogens with zero attached hydrogens (tertiary/aromatic N) is 2. The molecule has 0 bridgehead atoms. The summed E-state index contributed by atoms with van der Waals surface area (Å²) in [5.41, 5.74) is -1.01. The van der Waals surface area contributed by atoms with Crippen molar-refractivity contribution in [2.24, 2.45) is 5.92 Å². The molecule has 1 aromatic heterocycles. The smallest absolute Gasteiger partial charge is 0.434 e. The monoisotopic (exact) mass is 292 g/mol. The predicted octanol–water partition coefficient (Wildman–Crippen LogP) is 3.44. The molecule has 0 aliphatic heterocycles. The summed E-state index contributed by atoms with van der Waals surface area (Å²) in [5, 5.41) is 0. The highest BCUT2D eigenvalue weighted by molar-refractivity contribution is 5.74. The molecule has 1 unspecified atom stereocenters. The highest BCUT2D eigenvalue weighted by atomic mass is 19.4. The number of imidazole rings is 1. The number of rotatable bonds is 6. The molecule has 20 heavy (non-hydrogen) atoms. The summed E-state index contributed by atoms with van der Waals surface area (Å²) >= 11 is 0. The standard InChI is InChI=1S/C13H19F3N2O2/c1-4-5-9(2)6-10(12(19)20-3)18-7-11(17-8-18)13(14,15)16/h7-10H,4-6H2,1-3H3/t9?,10-/m0/s1. The van der Waals surface area contributed by atoms with Crippen molar-refractivity contribution in [1.29, 1.82) is 0 Å². The van der Waals surface area contributed by atoms with E-state index in [9.17, 15) is 18.0 Å². The Morgan fingerprint density at radius 1 is 1.50 bits per heavy atom. The van der Waals surface area contributed by atoms with E-state index in [1.54, 1.807) is 0 Å². The summed E-state index contributed by atoms with van der Waals surface area (Å²) in [4.78, 5) is 15.1. The van der Waals surface area contributed by atoms with Crippen molar-refractivity contribution in [2.75, 3.05) is 7.11 Å². The zero-order chi connectivity index (χ0) is 15.3. The normalized spacial score (nSPS) is 14.9. The second-order valence-electron chi connectivity index (χ2n) is 4.87. The van der Waals surface area contributed by atoms with Gasteiger partial charge in [-0.05, 0) is 12.3 Å². The first-order valence-corrected chi connectivity index (χ1v) is 6.48. The number of ether oxygens (including phenoxy) is 1. The molecule has 0 saturated heterocycles. The number of esters is 1. The van der Waals surface area contributed by atoms with E-state index < -0.39 is 23.9 Å². The molecule has 0 saturated carbocycles. The van der Waals surface area contributed by atoms with Crippen molar-refractivity contribution in [2.45, 2.75) is 45.3 Å². The van der Waals surface area contributed by atoms with Crippen LogP contribution >= 0.6 is 0 Å². The van der Waals surface area contributed by atoms with Crippen molar-refractivity contribution in [3.63, 3.8) is 0 Å². The van der Waals surface area contributed by atoms with Crippen LogP contribution in [0.5, 0.6) is 0 Å². The van der Waals surface area contributed by atoms with Gasteiger partial charge in [0, 0.05) is 6.20 Å². The molecule has 0 N–H and O–H groups in total. The zero-order valence-corrected chi connectivity index (χ0v) is 11.8. The molecule has 0 fully saturated rings. The molecule has 1 aromatic rings. The molecule has 0 aromatic carbocycles. The Hall–Kier alpha value is -1.53. The Kier molecular flexibility index (Phi) is 5.59. The highest BCUT2D eigenvalue weighted by Crippen LogP contribution is 2.29. The first kappa shape index (κ1) is 16.5. The molecule has 0 spiro atoms. The van der Waals surface area contributed by atoms with Crippen LogP contribution in [0.1, 0.15) is 44.8 Å². The molecule has 1 heterocycles. The summed E-state index contributed by atoms with van der Waals surface area (Å²) in [7, 11) is 1.22. The van der Waals surface area contributed by atoms with E-state index in [0.717, 1.165) is 25.4 Å². The Labute approximate surface area is 115 Å². The van der Waals surface area contributed by atoms with E-state index in [1.165, 1.54) is 11.7 Å². The molecular formula is C13H19F3N2O2. The maximum Gasteiger partial charge on any atom is 0.434 e. The number of alkyl halides is 3. The lowest BCUT2D eigenvalue weighted by atomic mass is 9.97. The SMILES string of the molecule is CCCC(C)C[C@@H](C(=O)OC)n1cnc(C(F)(F)F)c1.